The Labute approximate surface area is 150 Å². The molecule has 3 atom stereocenters. The molecule has 1 saturated heterocycles. The predicted octanol–water partition coefficient (Wildman–Crippen LogP) is 4.42. The predicted molar refractivity (Wildman–Crippen MR) is 99.1 cm³/mol. The summed E-state index contributed by atoms with van der Waals surface area (Å²) in [5, 5.41) is 4.02. The third-order valence-corrected chi connectivity index (χ3v) is 5.65. The van der Waals surface area contributed by atoms with Gasteiger partial charge in [-0.15, -0.1) is 0 Å². The van der Waals surface area contributed by atoms with Gasteiger partial charge in [0.1, 0.15) is 6.04 Å². The van der Waals surface area contributed by atoms with Crippen LogP contribution in [0.5, 0.6) is 0 Å². The zero-order valence-electron chi connectivity index (χ0n) is 14.8. The fourth-order valence-corrected chi connectivity index (χ4v) is 4.57. The second-order valence-corrected chi connectivity index (χ2v) is 8.28. The zero-order chi connectivity index (χ0) is 17.1. The van der Waals surface area contributed by atoms with Crippen LogP contribution in [-0.4, -0.2) is 29.9 Å². The van der Waals surface area contributed by atoms with Gasteiger partial charge in [0.05, 0.1) is 0 Å². The Morgan fingerprint density at radius 1 is 1.12 bits per heavy atom. The number of carbonyl (C=O) groups is 1. The summed E-state index contributed by atoms with van der Waals surface area (Å²) in [6.45, 7) is 6.54. The number of nitrogens with one attached hydrogen (secondary N) is 1. The van der Waals surface area contributed by atoms with E-state index in [2.05, 4.69) is 24.1 Å². The normalized spacial score (nSPS) is 27.1. The molecule has 3 nitrogen and oxygen atoms in total. The molecule has 1 aliphatic carbocycles. The van der Waals surface area contributed by atoms with E-state index >= 15 is 0 Å². The summed E-state index contributed by atoms with van der Waals surface area (Å²) in [5.41, 5.74) is 1.05. The first-order chi connectivity index (χ1) is 11.5. The Morgan fingerprint density at radius 2 is 1.71 bits per heavy atom. The number of rotatable bonds is 4. The first-order valence-corrected chi connectivity index (χ1v) is 9.70. The van der Waals surface area contributed by atoms with E-state index < -0.39 is 0 Å². The monoisotopic (exact) mass is 348 g/mol. The van der Waals surface area contributed by atoms with Crippen molar-refractivity contribution in [1.82, 2.24) is 10.2 Å². The van der Waals surface area contributed by atoms with Gasteiger partial charge in [-0.1, -0.05) is 50.4 Å². The molecule has 0 aromatic heterocycles. The third-order valence-electron chi connectivity index (χ3n) is 5.40. The maximum absolute atomic E-state index is 13.1. The summed E-state index contributed by atoms with van der Waals surface area (Å²) in [4.78, 5) is 15.5. The molecule has 0 radical (unpaired) electrons. The Morgan fingerprint density at radius 3 is 2.29 bits per heavy atom. The molecule has 2 fully saturated rings. The number of likely N-dealkylation sites (tertiary alicyclic amines) is 1. The van der Waals surface area contributed by atoms with Crippen molar-refractivity contribution in [2.24, 2.45) is 11.8 Å². The SMILES string of the molecule is CC1CC(C)CN(C(C(=O)NC2CCCC2)c2ccc(Cl)cc2)C1. The van der Waals surface area contributed by atoms with Gasteiger partial charge in [0.15, 0.2) is 0 Å². The van der Waals surface area contributed by atoms with Gasteiger partial charge in [-0.2, -0.15) is 0 Å². The lowest BCUT2D eigenvalue weighted by atomic mass is 9.89. The molecule has 132 valence electrons. The quantitative estimate of drug-likeness (QED) is 0.873. The minimum atomic E-state index is -0.201. The smallest absolute Gasteiger partial charge is 0.242 e. The Balaban J connectivity index is 1.82. The number of hydrogen-bond acceptors (Lipinski definition) is 2. The van der Waals surface area contributed by atoms with Crippen molar-refractivity contribution in [3.63, 3.8) is 0 Å². The highest BCUT2D eigenvalue weighted by Gasteiger charge is 2.34. The molecule has 1 saturated carbocycles. The van der Waals surface area contributed by atoms with E-state index in [-0.39, 0.29) is 11.9 Å². The van der Waals surface area contributed by atoms with Crippen molar-refractivity contribution >= 4 is 17.5 Å². The Kier molecular flexibility index (Phi) is 5.83. The van der Waals surface area contributed by atoms with Gasteiger partial charge in [0, 0.05) is 24.2 Å². The Bertz CT molecular complexity index is 543. The van der Waals surface area contributed by atoms with Gasteiger partial charge in [0.2, 0.25) is 5.91 Å². The summed E-state index contributed by atoms with van der Waals surface area (Å²) in [7, 11) is 0. The van der Waals surface area contributed by atoms with Gasteiger partial charge in [-0.25, -0.2) is 0 Å². The van der Waals surface area contributed by atoms with Crippen LogP contribution in [0.3, 0.4) is 0 Å². The van der Waals surface area contributed by atoms with Gasteiger partial charge in [0.25, 0.3) is 0 Å². The van der Waals surface area contributed by atoms with E-state index in [0.29, 0.717) is 22.9 Å². The highest BCUT2D eigenvalue weighted by Crippen LogP contribution is 2.31. The summed E-state index contributed by atoms with van der Waals surface area (Å²) in [6, 6.07) is 7.95. The molecule has 24 heavy (non-hydrogen) atoms. The number of benzene rings is 1. The molecule has 1 N–H and O–H groups in total. The number of piperidine rings is 1. The van der Waals surface area contributed by atoms with Crippen molar-refractivity contribution in [3.05, 3.63) is 34.9 Å². The van der Waals surface area contributed by atoms with Crippen LogP contribution in [-0.2, 0) is 4.79 Å². The molecule has 1 aromatic rings. The minimum Gasteiger partial charge on any atom is -0.352 e. The molecule has 1 aliphatic heterocycles. The number of carbonyl (C=O) groups excluding carboxylic acids is 1. The van der Waals surface area contributed by atoms with Gasteiger partial charge in [-0.3, -0.25) is 9.69 Å². The minimum absolute atomic E-state index is 0.158. The number of hydrogen-bond donors (Lipinski definition) is 1. The van der Waals surface area contributed by atoms with E-state index in [4.69, 9.17) is 11.6 Å². The highest BCUT2D eigenvalue weighted by molar-refractivity contribution is 6.30. The van der Waals surface area contributed by atoms with Crippen molar-refractivity contribution < 1.29 is 4.79 Å². The highest BCUT2D eigenvalue weighted by atomic mass is 35.5. The van der Waals surface area contributed by atoms with E-state index in [9.17, 15) is 4.79 Å². The second-order valence-electron chi connectivity index (χ2n) is 7.84. The Hall–Kier alpha value is -1.06. The summed E-state index contributed by atoms with van der Waals surface area (Å²) >= 11 is 6.05. The fraction of sp³-hybridized carbons (Fsp3) is 0.650. The van der Waals surface area contributed by atoms with E-state index in [1.807, 2.05) is 24.3 Å². The molecule has 0 spiro atoms. The molecule has 4 heteroatoms. The average molecular weight is 349 g/mol. The van der Waals surface area contributed by atoms with Crippen LogP contribution in [0.25, 0.3) is 0 Å². The van der Waals surface area contributed by atoms with Crippen LogP contribution in [0.15, 0.2) is 24.3 Å². The van der Waals surface area contributed by atoms with Gasteiger partial charge < -0.3 is 5.32 Å². The largest absolute Gasteiger partial charge is 0.352 e. The molecule has 3 rings (SSSR count). The maximum Gasteiger partial charge on any atom is 0.242 e. The molecular formula is C20H29ClN2O. The van der Waals surface area contributed by atoms with Crippen LogP contribution >= 0.6 is 11.6 Å². The molecule has 0 bridgehead atoms. The van der Waals surface area contributed by atoms with Gasteiger partial charge >= 0.3 is 0 Å². The van der Waals surface area contributed by atoms with Crippen LogP contribution in [0.1, 0.15) is 57.6 Å². The fourth-order valence-electron chi connectivity index (χ4n) is 4.45. The van der Waals surface area contributed by atoms with Crippen molar-refractivity contribution in [1.29, 1.82) is 0 Å². The molecular weight excluding hydrogens is 320 g/mol. The lowest BCUT2D eigenvalue weighted by molar-refractivity contribution is -0.128. The number of nitrogens with zero attached hydrogens (tertiary/aromatic N) is 1. The van der Waals surface area contributed by atoms with Crippen molar-refractivity contribution in [2.45, 2.75) is 58.0 Å². The zero-order valence-corrected chi connectivity index (χ0v) is 15.6. The van der Waals surface area contributed by atoms with Crippen molar-refractivity contribution in [3.8, 4) is 0 Å². The van der Waals surface area contributed by atoms with E-state index in [1.54, 1.807) is 0 Å². The van der Waals surface area contributed by atoms with Gasteiger partial charge in [-0.05, 0) is 48.8 Å². The molecule has 1 heterocycles. The third kappa shape index (κ3) is 4.31. The lowest BCUT2D eigenvalue weighted by Crippen LogP contribution is -2.48. The van der Waals surface area contributed by atoms with Crippen LogP contribution in [0.2, 0.25) is 5.02 Å². The second kappa shape index (κ2) is 7.88. The topological polar surface area (TPSA) is 32.3 Å². The number of halogens is 1. The average Bonchev–Trinajstić information content (AvgIpc) is 3.01. The molecule has 2 aliphatic rings. The molecule has 1 aromatic carbocycles. The van der Waals surface area contributed by atoms with Crippen LogP contribution in [0, 0.1) is 11.8 Å². The number of amides is 1. The van der Waals surface area contributed by atoms with Crippen LogP contribution in [0.4, 0.5) is 0 Å². The summed E-state index contributed by atoms with van der Waals surface area (Å²) in [6.07, 6.45) is 5.94. The van der Waals surface area contributed by atoms with E-state index in [1.165, 1.54) is 19.3 Å². The standard InChI is InChI=1S/C20H29ClN2O/c1-14-11-15(2)13-23(12-14)19(16-7-9-17(21)10-8-16)20(24)22-18-5-3-4-6-18/h7-10,14-15,18-19H,3-6,11-13H2,1-2H3,(H,22,24). The van der Waals surface area contributed by atoms with Crippen LogP contribution < -0.4 is 5.32 Å². The lowest BCUT2D eigenvalue weighted by Gasteiger charge is -2.40. The summed E-state index contributed by atoms with van der Waals surface area (Å²) in [5.74, 6) is 1.41. The van der Waals surface area contributed by atoms with Crippen molar-refractivity contribution in [2.75, 3.05) is 13.1 Å². The molecule has 1 amide bonds. The maximum atomic E-state index is 13.1. The molecule has 3 unspecified atom stereocenters. The summed E-state index contributed by atoms with van der Waals surface area (Å²) < 4.78 is 0. The first-order valence-electron chi connectivity index (χ1n) is 9.33. The first kappa shape index (κ1) is 17.8. The van der Waals surface area contributed by atoms with E-state index in [0.717, 1.165) is 31.5 Å².